The molecular formula is C24H30N2O4S2. The molecule has 0 spiro atoms. The first kappa shape index (κ1) is 24.4. The number of hydrogen-bond donors (Lipinski definition) is 0. The molecule has 6 nitrogen and oxygen atoms in total. The quantitative estimate of drug-likeness (QED) is 0.633. The molecule has 1 unspecified atom stereocenters. The largest absolute Gasteiger partial charge is 0.243 e. The number of nitrogens with zero attached hydrogens (tertiary/aromatic N) is 2. The Balaban J connectivity index is 0.000000182. The summed E-state index contributed by atoms with van der Waals surface area (Å²) >= 11 is 0. The number of rotatable bonds is 4. The fraction of sp³-hybridized carbons (Fsp3) is 0.333. The van der Waals surface area contributed by atoms with E-state index in [-0.39, 0.29) is 5.92 Å². The van der Waals surface area contributed by atoms with Crippen molar-refractivity contribution in [3.8, 4) is 0 Å². The number of hydrogen-bond acceptors (Lipinski definition) is 4. The van der Waals surface area contributed by atoms with Gasteiger partial charge in [-0.05, 0) is 44.0 Å². The topological polar surface area (TPSA) is 74.8 Å². The van der Waals surface area contributed by atoms with Crippen LogP contribution in [-0.2, 0) is 20.0 Å². The molecule has 2 aliphatic heterocycles. The third kappa shape index (κ3) is 5.38. The van der Waals surface area contributed by atoms with Gasteiger partial charge in [-0.2, -0.15) is 8.61 Å². The van der Waals surface area contributed by atoms with E-state index in [0.29, 0.717) is 36.0 Å². The molecule has 2 heterocycles. The zero-order valence-corrected chi connectivity index (χ0v) is 20.4. The normalized spacial score (nSPS) is 19.7. The van der Waals surface area contributed by atoms with Crippen LogP contribution < -0.4 is 0 Å². The van der Waals surface area contributed by atoms with Crippen molar-refractivity contribution in [3.05, 3.63) is 84.0 Å². The summed E-state index contributed by atoms with van der Waals surface area (Å²) < 4.78 is 51.7. The predicted octanol–water partition coefficient (Wildman–Crippen LogP) is 3.75. The average Bonchev–Trinajstić information content (AvgIpc) is 3.40. The minimum absolute atomic E-state index is 0.246. The van der Waals surface area contributed by atoms with Crippen molar-refractivity contribution in [1.29, 1.82) is 0 Å². The molecule has 0 saturated carbocycles. The van der Waals surface area contributed by atoms with Gasteiger partial charge in [0.15, 0.2) is 0 Å². The van der Waals surface area contributed by atoms with Crippen LogP contribution in [0.25, 0.3) is 0 Å². The standard InChI is InChI=1S/C13H17NO2S.C11H13NO2S/c1-10-4-6-13(7-5-10)17(15,16)14-8-11(2)12(3)9-14;1-10-4-6-11(7-5-10)15(13,14)12-8-2-3-9-12/h4-7,12H,2,8-9H2,1,3H3;2-7H,8-9H2,1H3. The summed E-state index contributed by atoms with van der Waals surface area (Å²) in [6, 6.07) is 13.9. The van der Waals surface area contributed by atoms with Gasteiger partial charge in [-0.1, -0.05) is 66.6 Å². The maximum absolute atomic E-state index is 12.3. The Kier molecular flexibility index (Phi) is 7.39. The van der Waals surface area contributed by atoms with E-state index in [1.54, 1.807) is 24.3 Å². The molecule has 8 heteroatoms. The lowest BCUT2D eigenvalue weighted by molar-refractivity contribution is 0.464. The smallest absolute Gasteiger partial charge is 0.207 e. The molecule has 0 aliphatic carbocycles. The van der Waals surface area contributed by atoms with Crippen molar-refractivity contribution in [2.45, 2.75) is 30.6 Å². The SMILES string of the molecule is C=C1CN(S(=O)(=O)c2ccc(C)cc2)CC1C.Cc1ccc(S(=O)(=O)N2CC=CC2)cc1. The maximum Gasteiger partial charge on any atom is 0.243 e. The minimum Gasteiger partial charge on any atom is -0.207 e. The lowest BCUT2D eigenvalue weighted by Crippen LogP contribution is -2.28. The molecule has 0 N–H and O–H groups in total. The highest BCUT2D eigenvalue weighted by Crippen LogP contribution is 2.26. The molecule has 0 bridgehead atoms. The van der Waals surface area contributed by atoms with Crippen LogP contribution >= 0.6 is 0 Å². The summed E-state index contributed by atoms with van der Waals surface area (Å²) in [7, 11) is -6.63. The van der Waals surface area contributed by atoms with E-state index in [1.165, 1.54) is 8.61 Å². The average molecular weight is 475 g/mol. The fourth-order valence-electron chi connectivity index (χ4n) is 3.44. The first-order valence-corrected chi connectivity index (χ1v) is 13.4. The predicted molar refractivity (Wildman–Crippen MR) is 127 cm³/mol. The van der Waals surface area contributed by atoms with E-state index in [0.717, 1.165) is 16.7 Å². The number of aryl methyl sites for hydroxylation is 2. The van der Waals surface area contributed by atoms with Crippen molar-refractivity contribution in [2.75, 3.05) is 26.2 Å². The van der Waals surface area contributed by atoms with Crippen molar-refractivity contribution in [1.82, 2.24) is 8.61 Å². The zero-order chi connectivity index (χ0) is 23.5. The van der Waals surface area contributed by atoms with Crippen LogP contribution in [0.15, 0.2) is 82.6 Å². The highest BCUT2D eigenvalue weighted by molar-refractivity contribution is 7.89. The van der Waals surface area contributed by atoms with Crippen LogP contribution in [0.2, 0.25) is 0 Å². The van der Waals surface area contributed by atoms with Crippen molar-refractivity contribution in [3.63, 3.8) is 0 Å². The molecule has 0 radical (unpaired) electrons. The summed E-state index contributed by atoms with van der Waals surface area (Å²) in [6.07, 6.45) is 3.73. The molecule has 1 saturated heterocycles. The summed E-state index contributed by atoms with van der Waals surface area (Å²) in [5, 5.41) is 0. The van der Waals surface area contributed by atoms with Gasteiger partial charge in [-0.3, -0.25) is 0 Å². The Morgan fingerprint density at radius 2 is 1.16 bits per heavy atom. The molecule has 1 atom stereocenters. The van der Waals surface area contributed by atoms with Gasteiger partial charge in [0.2, 0.25) is 20.0 Å². The lowest BCUT2D eigenvalue weighted by atomic mass is 10.1. The van der Waals surface area contributed by atoms with Crippen LogP contribution in [0, 0.1) is 19.8 Å². The van der Waals surface area contributed by atoms with Crippen LogP contribution in [-0.4, -0.2) is 51.6 Å². The van der Waals surface area contributed by atoms with Gasteiger partial charge < -0.3 is 0 Å². The molecule has 2 aromatic rings. The van der Waals surface area contributed by atoms with Crippen LogP contribution in [0.4, 0.5) is 0 Å². The Bertz CT molecular complexity index is 1190. The minimum atomic E-state index is -3.35. The second kappa shape index (κ2) is 9.70. The van der Waals surface area contributed by atoms with E-state index >= 15 is 0 Å². The molecule has 0 aromatic heterocycles. The molecule has 0 amide bonds. The number of sulfonamides is 2. The Morgan fingerprint density at radius 1 is 0.750 bits per heavy atom. The first-order valence-electron chi connectivity index (χ1n) is 10.5. The van der Waals surface area contributed by atoms with E-state index in [1.807, 2.05) is 57.2 Å². The molecule has 4 rings (SSSR count). The van der Waals surface area contributed by atoms with Crippen LogP contribution in [0.1, 0.15) is 18.1 Å². The third-order valence-corrected chi connectivity index (χ3v) is 9.33. The fourth-order valence-corrected chi connectivity index (χ4v) is 6.31. The zero-order valence-electron chi connectivity index (χ0n) is 18.7. The summed E-state index contributed by atoms with van der Waals surface area (Å²) in [5.74, 6) is 0.246. The van der Waals surface area contributed by atoms with Crippen molar-refractivity contribution < 1.29 is 16.8 Å². The molecule has 2 aliphatic rings. The highest BCUT2D eigenvalue weighted by atomic mass is 32.2. The lowest BCUT2D eigenvalue weighted by Gasteiger charge is -2.15. The van der Waals surface area contributed by atoms with Crippen LogP contribution in [0.5, 0.6) is 0 Å². The summed E-state index contributed by atoms with van der Waals surface area (Å²) in [5.41, 5.74) is 3.11. The Hall–Kier alpha value is -2.26. The van der Waals surface area contributed by atoms with Gasteiger partial charge in [0.1, 0.15) is 0 Å². The summed E-state index contributed by atoms with van der Waals surface area (Å²) in [6.45, 7) is 11.7. The Labute approximate surface area is 192 Å². The molecule has 1 fully saturated rings. The van der Waals surface area contributed by atoms with Crippen LogP contribution in [0.3, 0.4) is 0 Å². The molecule has 32 heavy (non-hydrogen) atoms. The third-order valence-electron chi connectivity index (χ3n) is 5.66. The second-order valence-electron chi connectivity index (χ2n) is 8.28. The van der Waals surface area contributed by atoms with E-state index in [4.69, 9.17) is 0 Å². The van der Waals surface area contributed by atoms with Gasteiger partial charge in [0.05, 0.1) is 9.79 Å². The van der Waals surface area contributed by atoms with Crippen molar-refractivity contribution >= 4 is 20.0 Å². The molecular weight excluding hydrogens is 444 g/mol. The van der Waals surface area contributed by atoms with Gasteiger partial charge in [-0.15, -0.1) is 0 Å². The van der Waals surface area contributed by atoms with Gasteiger partial charge in [0.25, 0.3) is 0 Å². The molecule has 172 valence electrons. The van der Waals surface area contributed by atoms with Gasteiger partial charge in [-0.25, -0.2) is 16.8 Å². The summed E-state index contributed by atoms with van der Waals surface area (Å²) in [4.78, 5) is 0.738. The Morgan fingerprint density at radius 3 is 1.53 bits per heavy atom. The second-order valence-corrected chi connectivity index (χ2v) is 12.2. The highest BCUT2D eigenvalue weighted by Gasteiger charge is 2.32. The monoisotopic (exact) mass is 474 g/mol. The van der Waals surface area contributed by atoms with Crippen molar-refractivity contribution in [2.24, 2.45) is 5.92 Å². The van der Waals surface area contributed by atoms with Gasteiger partial charge in [0, 0.05) is 26.2 Å². The first-order chi connectivity index (χ1) is 15.0. The number of benzene rings is 2. The van der Waals surface area contributed by atoms with Gasteiger partial charge >= 0.3 is 0 Å². The van der Waals surface area contributed by atoms with E-state index in [9.17, 15) is 16.8 Å². The van der Waals surface area contributed by atoms with E-state index < -0.39 is 20.0 Å². The maximum atomic E-state index is 12.3. The molecule has 2 aromatic carbocycles. The van der Waals surface area contributed by atoms with E-state index in [2.05, 4.69) is 6.58 Å².